The summed E-state index contributed by atoms with van der Waals surface area (Å²) in [5.74, 6) is -3.68. The number of carboxylic acid groups (broad SMARTS) is 2. The molecule has 0 saturated carbocycles. The normalized spacial score (nSPS) is 8.80. The van der Waals surface area contributed by atoms with Gasteiger partial charge in [-0.25, -0.2) is 14.0 Å². The number of hydrogen-bond acceptors (Lipinski definition) is 8. The molecule has 2 rings (SSSR count). The summed E-state index contributed by atoms with van der Waals surface area (Å²) in [6, 6.07) is 5.91. The number of nitrogens with two attached hydrogens (primary N) is 1. The smallest absolute Gasteiger partial charge is 0.338 e. The summed E-state index contributed by atoms with van der Waals surface area (Å²) in [5, 5.41) is 40.2. The van der Waals surface area contributed by atoms with Crippen LogP contribution in [0.5, 0.6) is 0 Å². The van der Waals surface area contributed by atoms with Crippen LogP contribution in [0, 0.1) is 26.0 Å². The lowest BCUT2D eigenvalue weighted by molar-refractivity contribution is -0.385. The first-order valence-corrected chi connectivity index (χ1v) is 7.53. The molecule has 0 heterocycles. The van der Waals surface area contributed by atoms with Crippen molar-refractivity contribution in [2.75, 3.05) is 19.4 Å². The lowest BCUT2D eigenvalue weighted by atomic mass is 10.1. The fourth-order valence-corrected chi connectivity index (χ4v) is 1.83. The molecule has 0 radical (unpaired) electrons. The van der Waals surface area contributed by atoms with E-state index < -0.39 is 38.9 Å². The zero-order valence-corrected chi connectivity index (χ0v) is 16.4. The first-order valence-electron chi connectivity index (χ1n) is 7.53. The molecule has 0 spiro atoms. The maximum absolute atomic E-state index is 12.8. The molecule has 0 saturated heterocycles. The quantitative estimate of drug-likeness (QED) is 0.389. The van der Waals surface area contributed by atoms with Crippen LogP contribution in [-0.4, -0.2) is 46.1 Å². The average Bonchev–Trinajstić information content (AvgIpc) is 2.68. The van der Waals surface area contributed by atoms with Crippen LogP contribution in [-0.2, 0) is 0 Å². The molecule has 0 fully saturated rings. The summed E-state index contributed by atoms with van der Waals surface area (Å²) in [7, 11) is 3.01. The van der Waals surface area contributed by atoms with Gasteiger partial charge in [-0.3, -0.25) is 20.2 Å². The molecule has 0 aliphatic heterocycles. The zero-order valence-electron chi connectivity index (χ0n) is 15.6. The molecule has 0 aliphatic rings. The summed E-state index contributed by atoms with van der Waals surface area (Å²) in [6.07, 6.45) is 0. The van der Waals surface area contributed by atoms with E-state index in [1.807, 2.05) is 0 Å². The number of non-ortho nitro benzene ring substituents is 2. The van der Waals surface area contributed by atoms with Crippen LogP contribution in [0.4, 0.5) is 21.5 Å². The number of carbonyl (C=O) groups is 2. The van der Waals surface area contributed by atoms with Gasteiger partial charge in [0.15, 0.2) is 0 Å². The number of anilines is 1. The Labute approximate surface area is 174 Å². The van der Waals surface area contributed by atoms with Crippen LogP contribution in [0.15, 0.2) is 36.4 Å². The van der Waals surface area contributed by atoms with Crippen LogP contribution in [0.25, 0.3) is 0 Å². The number of rotatable bonds is 5. The third-order valence-corrected chi connectivity index (χ3v) is 3.11. The van der Waals surface area contributed by atoms with Crippen molar-refractivity contribution in [1.29, 1.82) is 0 Å². The monoisotopic (exact) mass is 448 g/mol. The molecule has 0 aliphatic carbocycles. The lowest BCUT2D eigenvalue weighted by Gasteiger charge is -2.03. The molecule has 0 bridgehead atoms. The maximum Gasteiger partial charge on any atom is 0.338 e. The second-order valence-electron chi connectivity index (χ2n) is 4.77. The lowest BCUT2D eigenvalue weighted by Crippen LogP contribution is -2.03. The number of nitro groups is 2. The second kappa shape index (κ2) is 13.4. The SMILES string of the molecule is CN.CNc1cc([N+](=O)[O-])ccc1C(=O)O.Cl.O=C(O)c1ccc([N+](=O)[O-])cc1F. The van der Waals surface area contributed by atoms with Crippen molar-refractivity contribution in [3.63, 3.8) is 0 Å². The van der Waals surface area contributed by atoms with Gasteiger partial charge in [-0.2, -0.15) is 0 Å². The van der Waals surface area contributed by atoms with Crippen molar-refractivity contribution < 1.29 is 34.0 Å². The minimum Gasteiger partial charge on any atom is -0.478 e. The Hall–Kier alpha value is -3.84. The largest absolute Gasteiger partial charge is 0.478 e. The Bertz CT molecular complexity index is 926. The van der Waals surface area contributed by atoms with Crippen LogP contribution in [0.3, 0.4) is 0 Å². The van der Waals surface area contributed by atoms with Crippen molar-refractivity contribution >= 4 is 41.4 Å². The molecule has 0 unspecified atom stereocenters. The maximum atomic E-state index is 12.8. The summed E-state index contributed by atoms with van der Waals surface area (Å²) in [5.41, 5.74) is 3.55. The van der Waals surface area contributed by atoms with Crippen molar-refractivity contribution in [3.05, 3.63) is 73.6 Å². The standard InChI is InChI=1S/C8H8N2O4.C7H4FNO4.CH5N.ClH/c1-9-7-4-5(10(13)14)2-3-6(7)8(11)12;8-6-3-4(9(12)13)1-2-5(6)7(10)11;1-2;/h2-4,9H,1H3,(H,11,12);1-3H,(H,10,11);2H2,1H3;1H. The summed E-state index contributed by atoms with van der Waals surface area (Å²) < 4.78 is 12.8. The van der Waals surface area contributed by atoms with E-state index in [9.17, 15) is 34.2 Å². The summed E-state index contributed by atoms with van der Waals surface area (Å²) in [6.45, 7) is 0. The van der Waals surface area contributed by atoms with Crippen LogP contribution in [0.1, 0.15) is 20.7 Å². The van der Waals surface area contributed by atoms with Crippen LogP contribution >= 0.6 is 12.4 Å². The van der Waals surface area contributed by atoms with E-state index >= 15 is 0 Å². The van der Waals surface area contributed by atoms with Gasteiger partial charge in [-0.15, -0.1) is 12.4 Å². The topological polar surface area (TPSA) is 199 Å². The number of halogens is 2. The molecule has 0 aromatic heterocycles. The molecule has 2 aromatic carbocycles. The number of nitro benzene ring substituents is 2. The van der Waals surface area contributed by atoms with Gasteiger partial charge in [0, 0.05) is 25.2 Å². The van der Waals surface area contributed by atoms with Crippen molar-refractivity contribution in [3.8, 4) is 0 Å². The first-order chi connectivity index (χ1) is 13.6. The molecule has 0 amide bonds. The van der Waals surface area contributed by atoms with Crippen molar-refractivity contribution in [2.24, 2.45) is 5.73 Å². The number of carboxylic acids is 2. The van der Waals surface area contributed by atoms with E-state index in [0.717, 1.165) is 18.2 Å². The highest BCUT2D eigenvalue weighted by Crippen LogP contribution is 2.22. The molecule has 30 heavy (non-hydrogen) atoms. The Balaban J connectivity index is 0. The van der Waals surface area contributed by atoms with E-state index in [1.54, 1.807) is 0 Å². The van der Waals surface area contributed by atoms with Crippen molar-refractivity contribution in [1.82, 2.24) is 0 Å². The van der Waals surface area contributed by atoms with E-state index in [0.29, 0.717) is 6.07 Å². The summed E-state index contributed by atoms with van der Waals surface area (Å²) >= 11 is 0. The first kappa shape index (κ1) is 28.4. The number of nitrogens with one attached hydrogen (secondary N) is 1. The second-order valence-corrected chi connectivity index (χ2v) is 4.77. The Kier molecular flexibility index (Phi) is 12.6. The molecule has 2 aromatic rings. The molecule has 0 atom stereocenters. The summed E-state index contributed by atoms with van der Waals surface area (Å²) in [4.78, 5) is 40.1. The van der Waals surface area contributed by atoms with Gasteiger partial charge in [0.05, 0.1) is 32.7 Å². The molecular formula is C16H18ClFN4O8. The van der Waals surface area contributed by atoms with Crippen LogP contribution < -0.4 is 11.1 Å². The average molecular weight is 449 g/mol. The third-order valence-electron chi connectivity index (χ3n) is 3.11. The highest BCUT2D eigenvalue weighted by Gasteiger charge is 2.15. The Morgan fingerprint density at radius 2 is 1.33 bits per heavy atom. The fraction of sp³-hybridized carbons (Fsp3) is 0.125. The Morgan fingerprint density at radius 3 is 1.67 bits per heavy atom. The van der Waals surface area contributed by atoms with Gasteiger partial charge in [0.1, 0.15) is 5.82 Å². The molecule has 164 valence electrons. The van der Waals surface area contributed by atoms with Crippen LogP contribution in [0.2, 0.25) is 0 Å². The Morgan fingerprint density at radius 1 is 0.933 bits per heavy atom. The molecule has 12 nitrogen and oxygen atoms in total. The number of aromatic carboxylic acids is 2. The molecule has 14 heteroatoms. The predicted molar refractivity (Wildman–Crippen MR) is 107 cm³/mol. The number of benzene rings is 2. The van der Waals surface area contributed by atoms with E-state index in [2.05, 4.69) is 11.1 Å². The predicted octanol–water partition coefficient (Wildman–Crippen LogP) is 2.76. The minimum absolute atomic E-state index is 0. The van der Waals surface area contributed by atoms with E-state index in [4.69, 9.17) is 10.2 Å². The molecule has 5 N–H and O–H groups in total. The fourth-order valence-electron chi connectivity index (χ4n) is 1.83. The van der Waals surface area contributed by atoms with Gasteiger partial charge < -0.3 is 21.3 Å². The third kappa shape index (κ3) is 8.04. The minimum atomic E-state index is -1.45. The van der Waals surface area contributed by atoms with Gasteiger partial charge in [0.2, 0.25) is 0 Å². The van der Waals surface area contributed by atoms with E-state index in [-0.39, 0.29) is 29.3 Å². The van der Waals surface area contributed by atoms with E-state index in [1.165, 1.54) is 26.2 Å². The zero-order chi connectivity index (χ0) is 22.7. The van der Waals surface area contributed by atoms with Gasteiger partial charge in [-0.1, -0.05) is 0 Å². The highest BCUT2D eigenvalue weighted by atomic mass is 35.5. The van der Waals surface area contributed by atoms with Gasteiger partial charge >= 0.3 is 11.9 Å². The number of nitrogens with zero attached hydrogens (tertiary/aromatic N) is 2. The van der Waals surface area contributed by atoms with Gasteiger partial charge in [-0.05, 0) is 19.2 Å². The van der Waals surface area contributed by atoms with Crippen molar-refractivity contribution in [2.45, 2.75) is 0 Å². The highest BCUT2D eigenvalue weighted by molar-refractivity contribution is 5.94. The van der Waals surface area contributed by atoms with Gasteiger partial charge in [0.25, 0.3) is 11.4 Å². The number of hydrogen-bond donors (Lipinski definition) is 4. The molecular weight excluding hydrogens is 431 g/mol.